The Hall–Kier alpha value is -3.68. The summed E-state index contributed by atoms with van der Waals surface area (Å²) in [5.41, 5.74) is 5.72. The number of carbonyl (C=O) groups excluding carboxylic acids is 1. The maximum atomic E-state index is 13.1. The summed E-state index contributed by atoms with van der Waals surface area (Å²) in [7, 11) is 5.69. The van der Waals surface area contributed by atoms with Crippen molar-refractivity contribution in [2.75, 3.05) is 19.4 Å². The number of fused-ring (bicyclic) bond motifs is 2. The number of anilines is 1. The lowest BCUT2D eigenvalue weighted by molar-refractivity contribution is -0.115. The van der Waals surface area contributed by atoms with Crippen LogP contribution in [0.25, 0.3) is 11.1 Å². The summed E-state index contributed by atoms with van der Waals surface area (Å²) in [6.45, 7) is 0.819. The van der Waals surface area contributed by atoms with Gasteiger partial charge in [0.1, 0.15) is 5.92 Å². The van der Waals surface area contributed by atoms with Gasteiger partial charge >= 0.3 is 5.76 Å². The molecule has 1 atom stereocenters. The summed E-state index contributed by atoms with van der Waals surface area (Å²) < 4.78 is 6.84. The molecule has 1 aromatic heterocycles. The van der Waals surface area contributed by atoms with Crippen LogP contribution in [-0.2, 0) is 18.4 Å². The van der Waals surface area contributed by atoms with Crippen LogP contribution in [0.1, 0.15) is 22.6 Å². The number of halogens is 1. The number of hydrogen-bond acceptors (Lipinski definition) is 5. The van der Waals surface area contributed by atoms with Crippen molar-refractivity contribution in [1.29, 1.82) is 0 Å². The number of rotatable bonds is 5. The number of aryl methyl sites for hydroxylation is 1. The van der Waals surface area contributed by atoms with Crippen LogP contribution in [0.2, 0.25) is 5.02 Å². The van der Waals surface area contributed by atoms with Gasteiger partial charge in [0, 0.05) is 29.9 Å². The normalized spacial score (nSPS) is 15.7. The smallest absolute Gasteiger partial charge is 0.408 e. The van der Waals surface area contributed by atoms with E-state index < -0.39 is 11.7 Å². The van der Waals surface area contributed by atoms with E-state index in [2.05, 4.69) is 10.2 Å². The molecule has 0 bridgehead atoms. The predicted octanol–water partition coefficient (Wildman–Crippen LogP) is 4.70. The second-order valence-electron chi connectivity index (χ2n) is 8.66. The first-order valence-electron chi connectivity index (χ1n) is 10.8. The topological polar surface area (TPSA) is 79.8 Å². The zero-order valence-corrected chi connectivity index (χ0v) is 19.8. The van der Waals surface area contributed by atoms with Crippen molar-refractivity contribution >= 4 is 45.7 Å². The molecule has 3 aromatic carbocycles. The van der Waals surface area contributed by atoms with Gasteiger partial charge in [0.15, 0.2) is 5.58 Å². The van der Waals surface area contributed by atoms with Crippen LogP contribution in [0, 0.1) is 0 Å². The number of hydrogen-bond donors (Lipinski definition) is 1. The number of nitrogens with one attached hydrogen (secondary N) is 1. The summed E-state index contributed by atoms with van der Waals surface area (Å²) in [6.07, 6.45) is 0. The lowest BCUT2D eigenvalue weighted by atomic mass is 9.90. The summed E-state index contributed by atoms with van der Waals surface area (Å²) in [5, 5.41) is 3.46. The molecule has 2 heterocycles. The van der Waals surface area contributed by atoms with E-state index in [0.717, 1.165) is 23.4 Å². The van der Waals surface area contributed by atoms with E-state index in [-0.39, 0.29) is 5.91 Å². The van der Waals surface area contributed by atoms with Crippen LogP contribution >= 0.6 is 11.6 Å². The van der Waals surface area contributed by atoms with Crippen LogP contribution in [0.3, 0.4) is 0 Å². The van der Waals surface area contributed by atoms with Gasteiger partial charge in [0.2, 0.25) is 5.91 Å². The van der Waals surface area contributed by atoms with Crippen LogP contribution in [-0.4, -0.2) is 35.2 Å². The predicted molar refractivity (Wildman–Crippen MR) is 134 cm³/mol. The molecule has 0 radical (unpaired) electrons. The highest BCUT2D eigenvalue weighted by Gasteiger charge is 2.35. The molecule has 1 amide bonds. The van der Waals surface area contributed by atoms with E-state index >= 15 is 0 Å². The molecule has 4 aromatic rings. The molecule has 172 valence electrons. The van der Waals surface area contributed by atoms with Gasteiger partial charge in [-0.05, 0) is 61.6 Å². The Morgan fingerprint density at radius 2 is 1.85 bits per heavy atom. The molecule has 0 saturated heterocycles. The van der Waals surface area contributed by atoms with Gasteiger partial charge in [0.25, 0.3) is 0 Å². The SMILES string of the molecule is CN(C)Cc1ccc(N=C(c2ccc3c(c2)oc(=O)n3C)C2C(=O)Nc3cc(Cl)ccc32)cc1. The lowest BCUT2D eigenvalue weighted by Gasteiger charge is -2.14. The fourth-order valence-corrected chi connectivity index (χ4v) is 4.45. The largest absolute Gasteiger partial charge is 0.419 e. The monoisotopic (exact) mass is 474 g/mol. The average molecular weight is 475 g/mol. The third kappa shape index (κ3) is 4.04. The second-order valence-corrected chi connectivity index (χ2v) is 9.10. The Bertz CT molecular complexity index is 1500. The number of amides is 1. The first kappa shape index (κ1) is 22.1. The Balaban J connectivity index is 1.65. The van der Waals surface area contributed by atoms with Gasteiger partial charge in [-0.1, -0.05) is 35.9 Å². The average Bonchev–Trinajstić information content (AvgIpc) is 3.26. The second kappa shape index (κ2) is 8.59. The minimum absolute atomic E-state index is 0.185. The van der Waals surface area contributed by atoms with Crippen molar-refractivity contribution in [3.05, 3.63) is 92.9 Å². The fraction of sp³-hybridized carbons (Fsp3) is 0.192. The van der Waals surface area contributed by atoms with E-state index in [1.54, 1.807) is 31.3 Å². The Labute approximate surface area is 201 Å². The van der Waals surface area contributed by atoms with Crippen molar-refractivity contribution in [3.63, 3.8) is 0 Å². The quantitative estimate of drug-likeness (QED) is 0.425. The molecule has 5 rings (SSSR count). The Morgan fingerprint density at radius 1 is 1.09 bits per heavy atom. The zero-order chi connectivity index (χ0) is 24.0. The molecule has 1 N–H and O–H groups in total. The van der Waals surface area contributed by atoms with Gasteiger partial charge < -0.3 is 14.6 Å². The molecule has 0 fully saturated rings. The van der Waals surface area contributed by atoms with Gasteiger partial charge in [0.05, 0.1) is 16.9 Å². The molecule has 34 heavy (non-hydrogen) atoms. The minimum atomic E-state index is -0.637. The first-order valence-corrected chi connectivity index (χ1v) is 11.2. The van der Waals surface area contributed by atoms with Crippen molar-refractivity contribution in [1.82, 2.24) is 9.47 Å². The summed E-state index contributed by atoms with van der Waals surface area (Å²) in [5.74, 6) is -1.27. The zero-order valence-electron chi connectivity index (χ0n) is 19.0. The molecule has 1 aliphatic rings. The van der Waals surface area contributed by atoms with Crippen LogP contribution in [0.4, 0.5) is 11.4 Å². The van der Waals surface area contributed by atoms with Crippen molar-refractivity contribution in [2.24, 2.45) is 12.0 Å². The molecule has 0 saturated carbocycles. The fourth-order valence-electron chi connectivity index (χ4n) is 4.28. The van der Waals surface area contributed by atoms with Crippen LogP contribution in [0.15, 0.2) is 74.9 Å². The molecular formula is C26H23ClN4O3. The molecule has 7 nitrogen and oxygen atoms in total. The van der Waals surface area contributed by atoms with E-state index in [4.69, 9.17) is 21.0 Å². The number of aliphatic imine (C=N–C) groups is 1. The number of benzene rings is 3. The first-order chi connectivity index (χ1) is 16.3. The van der Waals surface area contributed by atoms with E-state index in [0.29, 0.717) is 33.1 Å². The van der Waals surface area contributed by atoms with Crippen LogP contribution < -0.4 is 11.1 Å². The number of aromatic nitrogens is 1. The molecule has 8 heteroatoms. The third-order valence-corrected chi connectivity index (χ3v) is 6.13. The summed E-state index contributed by atoms with van der Waals surface area (Å²) in [6, 6.07) is 18.7. The lowest BCUT2D eigenvalue weighted by Crippen LogP contribution is -2.22. The van der Waals surface area contributed by atoms with Gasteiger partial charge in [-0.3, -0.25) is 14.4 Å². The van der Waals surface area contributed by atoms with E-state index in [1.165, 1.54) is 4.57 Å². The molecule has 0 aliphatic carbocycles. The molecule has 1 unspecified atom stereocenters. The standard InChI is InChI=1S/C26H23ClN4O3/c1-30(2)14-15-4-8-18(9-5-15)28-24(16-6-11-21-22(12-16)34-26(33)31(21)3)23-19-10-7-17(27)13-20(19)29-25(23)32/h4-13,23H,14H2,1-3H3,(H,29,32). The van der Waals surface area contributed by atoms with Crippen LogP contribution in [0.5, 0.6) is 0 Å². The number of nitrogens with zero attached hydrogens (tertiary/aromatic N) is 3. The van der Waals surface area contributed by atoms with Gasteiger partial charge in [-0.15, -0.1) is 0 Å². The maximum Gasteiger partial charge on any atom is 0.419 e. The molecular weight excluding hydrogens is 452 g/mol. The third-order valence-electron chi connectivity index (χ3n) is 5.89. The highest BCUT2D eigenvalue weighted by molar-refractivity contribution is 6.31. The van der Waals surface area contributed by atoms with Crippen molar-refractivity contribution in [2.45, 2.75) is 12.5 Å². The minimum Gasteiger partial charge on any atom is -0.408 e. The van der Waals surface area contributed by atoms with E-state index in [1.807, 2.05) is 50.5 Å². The van der Waals surface area contributed by atoms with Gasteiger partial charge in [-0.2, -0.15) is 0 Å². The summed E-state index contributed by atoms with van der Waals surface area (Å²) in [4.78, 5) is 32.2. The summed E-state index contributed by atoms with van der Waals surface area (Å²) >= 11 is 6.15. The highest BCUT2D eigenvalue weighted by Crippen LogP contribution is 2.38. The number of carbonyl (C=O) groups is 1. The van der Waals surface area contributed by atoms with Crippen molar-refractivity contribution < 1.29 is 9.21 Å². The molecule has 0 spiro atoms. The number of oxazole rings is 1. The highest BCUT2D eigenvalue weighted by atomic mass is 35.5. The Kier molecular flexibility index (Phi) is 5.59. The van der Waals surface area contributed by atoms with Crippen molar-refractivity contribution in [3.8, 4) is 0 Å². The Morgan fingerprint density at radius 3 is 2.59 bits per heavy atom. The maximum absolute atomic E-state index is 13.1. The molecule has 1 aliphatic heterocycles. The van der Waals surface area contributed by atoms with Gasteiger partial charge in [-0.25, -0.2) is 4.79 Å². The van der Waals surface area contributed by atoms with E-state index in [9.17, 15) is 9.59 Å².